The van der Waals surface area contributed by atoms with Crippen LogP contribution >= 0.6 is 0 Å². The molecule has 0 spiro atoms. The van der Waals surface area contributed by atoms with Crippen LogP contribution in [0.25, 0.3) is 11.0 Å². The normalized spacial score (nSPS) is 16.4. The average molecular weight is 396 g/mol. The third-order valence-corrected chi connectivity index (χ3v) is 5.41. The zero-order chi connectivity index (χ0) is 20.4. The van der Waals surface area contributed by atoms with Gasteiger partial charge in [-0.15, -0.1) is 0 Å². The molecule has 0 unspecified atom stereocenters. The van der Waals surface area contributed by atoms with Crippen LogP contribution in [0.15, 0.2) is 34.9 Å². The number of para-hydroxylation sites is 1. The lowest BCUT2D eigenvalue weighted by Gasteiger charge is -2.14. The van der Waals surface area contributed by atoms with E-state index in [9.17, 15) is 9.59 Å². The van der Waals surface area contributed by atoms with E-state index in [0.29, 0.717) is 16.8 Å². The molecule has 0 radical (unpaired) electrons. The summed E-state index contributed by atoms with van der Waals surface area (Å²) in [5.74, 6) is -0.722. The van der Waals surface area contributed by atoms with Gasteiger partial charge < -0.3 is 18.6 Å². The van der Waals surface area contributed by atoms with Crippen LogP contribution in [-0.2, 0) is 27.2 Å². The summed E-state index contributed by atoms with van der Waals surface area (Å²) in [4.78, 5) is 24.8. The fourth-order valence-corrected chi connectivity index (χ4v) is 3.83. The second kappa shape index (κ2) is 8.21. The quantitative estimate of drug-likeness (QED) is 0.450. The highest BCUT2D eigenvalue weighted by Gasteiger charge is 2.22. The lowest BCUT2D eigenvalue weighted by Crippen LogP contribution is -2.18. The summed E-state index contributed by atoms with van der Waals surface area (Å²) in [7, 11) is 0. The van der Waals surface area contributed by atoms with E-state index >= 15 is 0 Å². The molecule has 0 aliphatic carbocycles. The Bertz CT molecular complexity index is 1040. The monoisotopic (exact) mass is 396 g/mol. The number of Topliss-reactive ketones (excluding diaryl/α,β-unsaturated/α-hetero) is 1. The second-order valence-corrected chi connectivity index (χ2v) is 7.42. The summed E-state index contributed by atoms with van der Waals surface area (Å²) in [5, 5.41) is 4.69. The van der Waals surface area contributed by atoms with E-state index in [1.165, 1.54) is 0 Å². The molecule has 1 saturated heterocycles. The molecule has 7 heteroatoms. The molecule has 29 heavy (non-hydrogen) atoms. The number of aromatic nitrogens is 2. The minimum Gasteiger partial charge on any atom is -0.457 e. The third kappa shape index (κ3) is 4.10. The number of aryl methyl sites for hydroxylation is 1. The van der Waals surface area contributed by atoms with Gasteiger partial charge >= 0.3 is 5.97 Å². The van der Waals surface area contributed by atoms with Gasteiger partial charge in [0.1, 0.15) is 5.69 Å². The van der Waals surface area contributed by atoms with E-state index in [1.807, 2.05) is 38.1 Å². The Morgan fingerprint density at radius 2 is 2.10 bits per heavy atom. The summed E-state index contributed by atoms with van der Waals surface area (Å²) in [6.07, 6.45) is 2.27. The minimum atomic E-state index is -0.509. The Balaban J connectivity index is 1.37. The predicted molar refractivity (Wildman–Crippen MR) is 106 cm³/mol. The average Bonchev–Trinajstić information content (AvgIpc) is 3.43. The van der Waals surface area contributed by atoms with Gasteiger partial charge in [0.15, 0.2) is 12.2 Å². The van der Waals surface area contributed by atoms with Crippen molar-refractivity contribution in [2.75, 3.05) is 13.2 Å². The third-order valence-electron chi connectivity index (χ3n) is 5.41. The van der Waals surface area contributed by atoms with Gasteiger partial charge in [0.05, 0.1) is 12.5 Å². The largest absolute Gasteiger partial charge is 0.457 e. The number of nitrogens with zero attached hydrogens (tertiary/aromatic N) is 2. The zero-order valence-electron chi connectivity index (χ0n) is 16.6. The van der Waals surface area contributed by atoms with E-state index in [2.05, 4.69) is 9.72 Å². The maximum Gasteiger partial charge on any atom is 0.312 e. The van der Waals surface area contributed by atoms with Gasteiger partial charge in [-0.2, -0.15) is 0 Å². The summed E-state index contributed by atoms with van der Waals surface area (Å²) in [6, 6.07) is 9.16. The van der Waals surface area contributed by atoms with Crippen LogP contribution in [0, 0.1) is 13.8 Å². The maximum absolute atomic E-state index is 12.6. The van der Waals surface area contributed by atoms with Gasteiger partial charge in [-0.25, -0.2) is 0 Å². The number of ketones is 1. The molecule has 1 aliphatic heterocycles. The number of fused-ring (bicyclic) bond motifs is 1. The molecular formula is C22H24N2O5. The minimum absolute atomic E-state index is 0.0394. The number of hydrogen-bond acceptors (Lipinski definition) is 6. The summed E-state index contributed by atoms with van der Waals surface area (Å²) >= 11 is 0. The van der Waals surface area contributed by atoms with Crippen molar-refractivity contribution in [1.29, 1.82) is 0 Å². The van der Waals surface area contributed by atoms with Crippen molar-refractivity contribution in [2.24, 2.45) is 0 Å². The van der Waals surface area contributed by atoms with Crippen LogP contribution in [0.5, 0.6) is 0 Å². The number of ether oxygens (including phenoxy) is 2. The first kappa shape index (κ1) is 19.4. The Morgan fingerprint density at radius 1 is 1.28 bits per heavy atom. The van der Waals surface area contributed by atoms with E-state index in [4.69, 9.17) is 14.0 Å². The smallest absolute Gasteiger partial charge is 0.312 e. The standard InChI is InChI=1S/C22H24N2O5/c1-14-10-18(15(2)24(14)12-16-6-5-9-27-16)20(25)13-28-22(26)11-19-17-7-3-4-8-21(17)29-23-19/h3-4,7-8,10,16H,5-6,9,11-13H2,1-2H3/t16-/m0/s1. The first-order valence-electron chi connectivity index (χ1n) is 9.83. The molecule has 2 aromatic heterocycles. The van der Waals surface area contributed by atoms with Crippen molar-refractivity contribution >= 4 is 22.7 Å². The van der Waals surface area contributed by atoms with Crippen LogP contribution < -0.4 is 0 Å². The molecule has 4 rings (SSSR count). The molecule has 7 nitrogen and oxygen atoms in total. The number of carbonyl (C=O) groups is 2. The van der Waals surface area contributed by atoms with Crippen molar-refractivity contribution in [1.82, 2.24) is 9.72 Å². The number of esters is 1. The molecular weight excluding hydrogens is 372 g/mol. The molecule has 1 atom stereocenters. The van der Waals surface area contributed by atoms with Crippen LogP contribution in [0.2, 0.25) is 0 Å². The zero-order valence-corrected chi connectivity index (χ0v) is 16.6. The van der Waals surface area contributed by atoms with Crippen molar-refractivity contribution < 1.29 is 23.6 Å². The van der Waals surface area contributed by atoms with E-state index in [0.717, 1.165) is 42.8 Å². The molecule has 152 valence electrons. The molecule has 1 aromatic carbocycles. The number of hydrogen-bond donors (Lipinski definition) is 0. The molecule has 3 aromatic rings. The molecule has 1 aliphatic rings. The highest BCUT2D eigenvalue weighted by Crippen LogP contribution is 2.21. The topological polar surface area (TPSA) is 83.6 Å². The summed E-state index contributed by atoms with van der Waals surface area (Å²) in [6.45, 7) is 5.13. The molecule has 0 amide bonds. The van der Waals surface area contributed by atoms with Crippen LogP contribution in [0.4, 0.5) is 0 Å². The summed E-state index contributed by atoms with van der Waals surface area (Å²) in [5.41, 5.74) is 3.58. The number of carbonyl (C=O) groups excluding carboxylic acids is 2. The SMILES string of the molecule is Cc1cc(C(=O)COC(=O)Cc2noc3ccccc23)c(C)n1C[C@@H]1CCCO1. The number of benzene rings is 1. The Labute approximate surface area is 168 Å². The van der Waals surface area contributed by atoms with Crippen molar-refractivity contribution in [2.45, 2.75) is 45.8 Å². The lowest BCUT2D eigenvalue weighted by atomic mass is 10.1. The fraction of sp³-hybridized carbons (Fsp3) is 0.409. The Kier molecular flexibility index (Phi) is 5.49. The highest BCUT2D eigenvalue weighted by molar-refractivity contribution is 5.99. The fourth-order valence-electron chi connectivity index (χ4n) is 3.83. The van der Waals surface area contributed by atoms with Crippen LogP contribution in [-0.4, -0.2) is 40.8 Å². The van der Waals surface area contributed by atoms with Gasteiger partial charge in [-0.1, -0.05) is 17.3 Å². The van der Waals surface area contributed by atoms with Gasteiger partial charge in [0, 0.05) is 35.5 Å². The predicted octanol–water partition coefficient (Wildman–Crippen LogP) is 3.39. The highest BCUT2D eigenvalue weighted by atomic mass is 16.5. The van der Waals surface area contributed by atoms with E-state index < -0.39 is 5.97 Å². The maximum atomic E-state index is 12.6. The molecule has 0 bridgehead atoms. The van der Waals surface area contributed by atoms with Crippen molar-refractivity contribution in [3.05, 3.63) is 53.0 Å². The van der Waals surface area contributed by atoms with Gasteiger partial charge in [-0.3, -0.25) is 9.59 Å². The first-order valence-corrected chi connectivity index (χ1v) is 9.83. The number of rotatable bonds is 7. The van der Waals surface area contributed by atoms with Gasteiger partial charge in [0.25, 0.3) is 0 Å². The van der Waals surface area contributed by atoms with Crippen LogP contribution in [0.3, 0.4) is 0 Å². The van der Waals surface area contributed by atoms with E-state index in [1.54, 1.807) is 6.07 Å². The van der Waals surface area contributed by atoms with Crippen molar-refractivity contribution in [3.8, 4) is 0 Å². The second-order valence-electron chi connectivity index (χ2n) is 7.42. The molecule has 1 fully saturated rings. The summed E-state index contributed by atoms with van der Waals surface area (Å²) < 4.78 is 18.2. The Morgan fingerprint density at radius 3 is 2.90 bits per heavy atom. The molecule has 3 heterocycles. The van der Waals surface area contributed by atoms with Gasteiger partial charge in [-0.05, 0) is 44.9 Å². The molecule has 0 N–H and O–H groups in total. The van der Waals surface area contributed by atoms with Crippen molar-refractivity contribution in [3.63, 3.8) is 0 Å². The molecule has 0 saturated carbocycles. The van der Waals surface area contributed by atoms with E-state index in [-0.39, 0.29) is 24.9 Å². The van der Waals surface area contributed by atoms with Crippen LogP contribution in [0.1, 0.15) is 40.3 Å². The Hall–Kier alpha value is -2.93. The van der Waals surface area contributed by atoms with Gasteiger partial charge in [0.2, 0.25) is 5.78 Å². The first-order chi connectivity index (χ1) is 14.0. The lowest BCUT2D eigenvalue weighted by molar-refractivity contribution is -0.141.